The first-order valence-corrected chi connectivity index (χ1v) is 5.03. The van der Waals surface area contributed by atoms with E-state index in [9.17, 15) is 0 Å². The van der Waals surface area contributed by atoms with E-state index in [-0.39, 0.29) is 6.04 Å². The van der Waals surface area contributed by atoms with Crippen LogP contribution in [0.15, 0.2) is 16.3 Å². The van der Waals surface area contributed by atoms with Gasteiger partial charge in [-0.15, -0.1) is 0 Å². The lowest BCUT2D eigenvalue weighted by Gasteiger charge is -2.06. The van der Waals surface area contributed by atoms with Crippen LogP contribution in [-0.4, -0.2) is 12.3 Å². The minimum Gasteiger partial charge on any atom is -0.323 e. The van der Waals surface area contributed by atoms with Crippen molar-refractivity contribution in [2.45, 2.75) is 46.6 Å². The monoisotopic (exact) mass is 192 g/mol. The van der Waals surface area contributed by atoms with Gasteiger partial charge in [0.05, 0.1) is 11.9 Å². The van der Waals surface area contributed by atoms with Crippen LogP contribution in [0.3, 0.4) is 0 Å². The van der Waals surface area contributed by atoms with Crippen molar-refractivity contribution in [3.05, 3.63) is 11.3 Å². The highest BCUT2D eigenvalue weighted by atomic mass is 14.8. The van der Waals surface area contributed by atoms with E-state index < -0.39 is 0 Å². The van der Waals surface area contributed by atoms with Crippen molar-refractivity contribution in [1.82, 2.24) is 0 Å². The Balaban J connectivity index is 4.36. The van der Waals surface area contributed by atoms with E-state index in [1.807, 2.05) is 20.8 Å². The number of rotatable bonds is 3. The van der Waals surface area contributed by atoms with Gasteiger partial charge in [0.25, 0.3) is 0 Å². The van der Waals surface area contributed by atoms with Crippen LogP contribution in [0.5, 0.6) is 0 Å². The molecule has 0 aromatic carbocycles. The smallest absolute Gasteiger partial charge is 0.0770 e. The van der Waals surface area contributed by atoms with Gasteiger partial charge in [0.15, 0.2) is 0 Å². The Morgan fingerprint density at radius 1 is 1.50 bits per heavy atom. The standard InChI is InChI=1S/C12H20N2/c1-5-6-7-8-9-14-12(10(2)3)11(4)13/h9,11H,5-6,13H2,1-4H3. The zero-order chi connectivity index (χ0) is 11.0. The van der Waals surface area contributed by atoms with Gasteiger partial charge in [0.1, 0.15) is 0 Å². The van der Waals surface area contributed by atoms with E-state index in [1.54, 1.807) is 6.21 Å². The van der Waals surface area contributed by atoms with Crippen molar-refractivity contribution >= 4 is 6.21 Å². The van der Waals surface area contributed by atoms with Crippen molar-refractivity contribution in [3.8, 4) is 11.8 Å². The molecule has 0 heterocycles. The van der Waals surface area contributed by atoms with Crippen molar-refractivity contribution in [2.24, 2.45) is 10.7 Å². The van der Waals surface area contributed by atoms with Crippen LogP contribution < -0.4 is 5.73 Å². The lowest BCUT2D eigenvalue weighted by Crippen LogP contribution is -2.17. The van der Waals surface area contributed by atoms with E-state index in [4.69, 9.17) is 5.73 Å². The molecular formula is C12H20N2. The first kappa shape index (κ1) is 12.9. The Morgan fingerprint density at radius 2 is 2.14 bits per heavy atom. The molecule has 78 valence electrons. The third-order valence-electron chi connectivity index (χ3n) is 1.69. The second kappa shape index (κ2) is 7.34. The minimum atomic E-state index is -0.0239. The summed E-state index contributed by atoms with van der Waals surface area (Å²) < 4.78 is 0. The van der Waals surface area contributed by atoms with E-state index in [2.05, 4.69) is 23.8 Å². The van der Waals surface area contributed by atoms with Gasteiger partial charge < -0.3 is 5.73 Å². The third-order valence-corrected chi connectivity index (χ3v) is 1.69. The average molecular weight is 192 g/mol. The summed E-state index contributed by atoms with van der Waals surface area (Å²) in [5.41, 5.74) is 7.83. The van der Waals surface area contributed by atoms with E-state index in [0.29, 0.717) is 0 Å². The molecule has 0 aliphatic carbocycles. The van der Waals surface area contributed by atoms with E-state index >= 15 is 0 Å². The molecule has 0 rings (SSSR count). The van der Waals surface area contributed by atoms with Gasteiger partial charge in [0.2, 0.25) is 0 Å². The van der Waals surface area contributed by atoms with Crippen LogP contribution in [0, 0.1) is 11.8 Å². The zero-order valence-corrected chi connectivity index (χ0v) is 9.59. The molecule has 14 heavy (non-hydrogen) atoms. The van der Waals surface area contributed by atoms with Crippen LogP contribution in [-0.2, 0) is 0 Å². The van der Waals surface area contributed by atoms with Gasteiger partial charge in [0, 0.05) is 12.5 Å². The molecule has 2 heteroatoms. The molecule has 0 fully saturated rings. The fourth-order valence-corrected chi connectivity index (χ4v) is 1.05. The average Bonchev–Trinajstić information content (AvgIpc) is 2.09. The maximum Gasteiger partial charge on any atom is 0.0770 e. The van der Waals surface area contributed by atoms with Gasteiger partial charge in [-0.05, 0) is 27.2 Å². The second-order valence-corrected chi connectivity index (χ2v) is 3.50. The molecule has 1 atom stereocenters. The molecule has 0 amide bonds. The van der Waals surface area contributed by atoms with Crippen molar-refractivity contribution in [3.63, 3.8) is 0 Å². The molecule has 0 saturated heterocycles. The Labute approximate surface area is 87.3 Å². The summed E-state index contributed by atoms with van der Waals surface area (Å²) in [5, 5.41) is 0. The number of nitrogens with two attached hydrogens (primary N) is 1. The fraction of sp³-hybridized carbons (Fsp3) is 0.583. The molecule has 0 spiro atoms. The summed E-state index contributed by atoms with van der Waals surface area (Å²) in [7, 11) is 0. The minimum absolute atomic E-state index is 0.0239. The van der Waals surface area contributed by atoms with Crippen LogP contribution in [0.1, 0.15) is 40.5 Å². The summed E-state index contributed by atoms with van der Waals surface area (Å²) >= 11 is 0. The number of aliphatic imine (C=N–C) groups is 1. The highest BCUT2D eigenvalue weighted by molar-refractivity contribution is 5.79. The molecule has 2 nitrogen and oxygen atoms in total. The maximum atomic E-state index is 5.76. The number of hydrogen-bond acceptors (Lipinski definition) is 2. The largest absolute Gasteiger partial charge is 0.323 e. The molecule has 0 radical (unpaired) electrons. The summed E-state index contributed by atoms with van der Waals surface area (Å²) in [5.74, 6) is 5.90. The quantitative estimate of drug-likeness (QED) is 0.541. The third kappa shape index (κ3) is 5.55. The van der Waals surface area contributed by atoms with E-state index in [0.717, 1.165) is 24.1 Å². The van der Waals surface area contributed by atoms with Crippen LogP contribution in [0.25, 0.3) is 0 Å². The van der Waals surface area contributed by atoms with E-state index in [1.165, 1.54) is 0 Å². The molecule has 2 N–H and O–H groups in total. The number of unbranched alkanes of at least 4 members (excludes halogenated alkanes) is 1. The topological polar surface area (TPSA) is 38.4 Å². The molecule has 0 aromatic heterocycles. The van der Waals surface area contributed by atoms with Crippen molar-refractivity contribution < 1.29 is 0 Å². The number of hydrogen-bond donors (Lipinski definition) is 1. The molecule has 0 bridgehead atoms. The van der Waals surface area contributed by atoms with Crippen molar-refractivity contribution in [1.29, 1.82) is 0 Å². The number of allylic oxidation sites excluding steroid dienone is 1. The highest BCUT2D eigenvalue weighted by Gasteiger charge is 2.01. The molecule has 1 unspecified atom stereocenters. The lowest BCUT2D eigenvalue weighted by molar-refractivity contribution is 0.833. The Bertz CT molecular complexity index is 270. The predicted octanol–water partition coefficient (Wildman–Crippen LogP) is 2.50. The molecule has 0 aliphatic heterocycles. The van der Waals surface area contributed by atoms with Gasteiger partial charge in [-0.3, -0.25) is 4.99 Å². The van der Waals surface area contributed by atoms with Gasteiger partial charge >= 0.3 is 0 Å². The Kier molecular flexibility index (Phi) is 6.78. The SMILES string of the molecule is CCCC#CC=NC(=C(C)C)C(C)N. The van der Waals surface area contributed by atoms with Crippen LogP contribution in [0.4, 0.5) is 0 Å². The van der Waals surface area contributed by atoms with Crippen LogP contribution >= 0.6 is 0 Å². The first-order valence-electron chi connectivity index (χ1n) is 5.03. The Morgan fingerprint density at radius 3 is 2.57 bits per heavy atom. The summed E-state index contributed by atoms with van der Waals surface area (Å²) in [6.45, 7) is 8.06. The summed E-state index contributed by atoms with van der Waals surface area (Å²) in [6, 6.07) is -0.0239. The Hall–Kier alpha value is -1.07. The predicted molar refractivity (Wildman–Crippen MR) is 63.2 cm³/mol. The van der Waals surface area contributed by atoms with Gasteiger partial charge in [-0.2, -0.15) is 0 Å². The summed E-state index contributed by atoms with van der Waals surface area (Å²) in [4.78, 5) is 4.25. The normalized spacial score (nSPS) is 12.1. The van der Waals surface area contributed by atoms with Crippen molar-refractivity contribution in [2.75, 3.05) is 0 Å². The highest BCUT2D eigenvalue weighted by Crippen LogP contribution is 2.07. The first-order chi connectivity index (χ1) is 6.59. The lowest BCUT2D eigenvalue weighted by atomic mass is 10.1. The van der Waals surface area contributed by atoms with Crippen LogP contribution in [0.2, 0.25) is 0 Å². The van der Waals surface area contributed by atoms with Gasteiger partial charge in [-0.25, -0.2) is 0 Å². The molecule has 0 saturated carbocycles. The molecule has 0 aliphatic rings. The second-order valence-electron chi connectivity index (χ2n) is 3.50. The summed E-state index contributed by atoms with van der Waals surface area (Å²) in [6.07, 6.45) is 3.65. The fourth-order valence-electron chi connectivity index (χ4n) is 1.05. The number of nitrogens with zero attached hydrogens (tertiary/aromatic N) is 1. The molecular weight excluding hydrogens is 172 g/mol. The molecule has 0 aromatic rings. The zero-order valence-electron chi connectivity index (χ0n) is 9.59. The van der Waals surface area contributed by atoms with Gasteiger partial charge in [-0.1, -0.05) is 24.3 Å². The maximum absolute atomic E-state index is 5.76.